The Morgan fingerprint density at radius 3 is 2.48 bits per heavy atom. The number of thiocarbonyl (C=S) groups is 1. The van der Waals surface area contributed by atoms with E-state index in [9.17, 15) is 4.39 Å². The normalized spacial score (nSPS) is 11.6. The Morgan fingerprint density at radius 2 is 1.88 bits per heavy atom. The van der Waals surface area contributed by atoms with Crippen molar-refractivity contribution in [2.24, 2.45) is 0 Å². The Bertz CT molecular complexity index is 758. The van der Waals surface area contributed by atoms with E-state index in [-0.39, 0.29) is 11.1 Å². The molecule has 0 unspecified atom stereocenters. The lowest BCUT2D eigenvalue weighted by atomic mass is 10.0. The molecule has 0 aromatic heterocycles. The lowest BCUT2D eigenvalue weighted by Crippen LogP contribution is -2.32. The molecule has 4 nitrogen and oxygen atoms in total. The van der Waals surface area contributed by atoms with Crippen molar-refractivity contribution in [3.05, 3.63) is 52.8 Å². The van der Waals surface area contributed by atoms with Gasteiger partial charge >= 0.3 is 0 Å². The summed E-state index contributed by atoms with van der Waals surface area (Å²) >= 11 is 11.1. The zero-order valence-electron chi connectivity index (χ0n) is 14.2. The summed E-state index contributed by atoms with van der Waals surface area (Å²) in [5.74, 6) is 0.857. The van der Waals surface area contributed by atoms with Crippen molar-refractivity contribution in [3.63, 3.8) is 0 Å². The summed E-state index contributed by atoms with van der Waals surface area (Å²) in [5, 5.41) is 6.71. The number of ether oxygens (including phenoxy) is 2. The van der Waals surface area contributed by atoms with Crippen LogP contribution in [0.4, 0.5) is 10.1 Å². The molecule has 134 valence electrons. The maximum Gasteiger partial charge on any atom is 0.171 e. The number of hydrogen-bond donors (Lipinski definition) is 2. The Kier molecular flexibility index (Phi) is 6.84. The Balaban J connectivity index is 2.10. The zero-order valence-corrected chi connectivity index (χ0v) is 15.8. The lowest BCUT2D eigenvalue weighted by molar-refractivity contribution is 0.354. The quantitative estimate of drug-likeness (QED) is 0.693. The van der Waals surface area contributed by atoms with Crippen LogP contribution in [0.5, 0.6) is 11.5 Å². The van der Waals surface area contributed by atoms with Crippen molar-refractivity contribution in [1.29, 1.82) is 0 Å². The molecule has 0 radical (unpaired) electrons. The second-order valence-corrected chi connectivity index (χ2v) is 6.12. The molecule has 0 aliphatic rings. The maximum atomic E-state index is 13.2. The van der Waals surface area contributed by atoms with Gasteiger partial charge in [-0.05, 0) is 54.5 Å². The highest BCUT2D eigenvalue weighted by Crippen LogP contribution is 2.31. The van der Waals surface area contributed by atoms with Crippen LogP contribution in [-0.2, 0) is 0 Å². The second kappa shape index (κ2) is 8.87. The third-order valence-electron chi connectivity index (χ3n) is 3.70. The molecule has 1 atom stereocenters. The highest BCUT2D eigenvalue weighted by atomic mass is 35.5. The van der Waals surface area contributed by atoms with E-state index in [0.717, 1.165) is 12.0 Å². The van der Waals surface area contributed by atoms with Crippen LogP contribution in [0.1, 0.15) is 24.9 Å². The zero-order chi connectivity index (χ0) is 18.4. The monoisotopic (exact) mass is 382 g/mol. The van der Waals surface area contributed by atoms with Gasteiger partial charge in [0.1, 0.15) is 5.82 Å². The number of nitrogens with one attached hydrogen (secondary N) is 2. The van der Waals surface area contributed by atoms with Gasteiger partial charge in [0.2, 0.25) is 0 Å². The molecule has 2 N–H and O–H groups in total. The van der Waals surface area contributed by atoms with Gasteiger partial charge in [-0.25, -0.2) is 4.39 Å². The Labute approximate surface area is 157 Å². The maximum absolute atomic E-state index is 13.2. The summed E-state index contributed by atoms with van der Waals surface area (Å²) in [5.41, 5.74) is 1.63. The molecule has 0 aliphatic carbocycles. The number of anilines is 1. The van der Waals surface area contributed by atoms with Crippen LogP contribution in [0.3, 0.4) is 0 Å². The summed E-state index contributed by atoms with van der Waals surface area (Å²) < 4.78 is 23.8. The summed E-state index contributed by atoms with van der Waals surface area (Å²) in [6.07, 6.45) is 0.807. The number of methoxy groups -OCH3 is 2. The third-order valence-corrected chi connectivity index (χ3v) is 4.21. The first kappa shape index (κ1) is 19.3. The summed E-state index contributed by atoms with van der Waals surface area (Å²) in [6, 6.07) is 10.1. The number of hydrogen-bond acceptors (Lipinski definition) is 3. The van der Waals surface area contributed by atoms with Gasteiger partial charge in [0, 0.05) is 5.69 Å². The Morgan fingerprint density at radius 1 is 1.16 bits per heavy atom. The standard InChI is InChI=1S/C18H20ClFN2O2S/c1-4-15(11-5-8-16(23-2)17(9-11)24-3)22-18(25)21-12-6-7-14(20)13(19)10-12/h5-10,15H,4H2,1-3H3,(H2,21,22,25)/t15-/m1/s1. The Hall–Kier alpha value is -2.05. The largest absolute Gasteiger partial charge is 0.493 e. The van der Waals surface area contributed by atoms with Crippen LogP contribution in [0.2, 0.25) is 5.02 Å². The highest BCUT2D eigenvalue weighted by molar-refractivity contribution is 7.80. The van der Waals surface area contributed by atoms with Gasteiger partial charge in [0.25, 0.3) is 0 Å². The molecule has 2 rings (SSSR count). The summed E-state index contributed by atoms with van der Waals surface area (Å²) in [7, 11) is 3.19. The van der Waals surface area contributed by atoms with Gasteiger partial charge in [-0.3, -0.25) is 0 Å². The van der Waals surface area contributed by atoms with Gasteiger partial charge in [-0.15, -0.1) is 0 Å². The topological polar surface area (TPSA) is 42.5 Å². The first-order valence-electron chi connectivity index (χ1n) is 7.73. The van der Waals surface area contributed by atoms with E-state index < -0.39 is 5.82 Å². The number of benzene rings is 2. The molecular formula is C18H20ClFN2O2S. The SMILES string of the molecule is CC[C@@H](NC(=S)Nc1ccc(F)c(Cl)c1)c1ccc(OC)c(OC)c1. The molecule has 25 heavy (non-hydrogen) atoms. The molecule has 0 spiro atoms. The predicted octanol–water partition coefficient (Wildman–Crippen LogP) is 4.93. The van der Waals surface area contributed by atoms with Crippen LogP contribution in [0.15, 0.2) is 36.4 Å². The van der Waals surface area contributed by atoms with Gasteiger partial charge in [0.05, 0.1) is 25.3 Å². The molecule has 0 amide bonds. The second-order valence-electron chi connectivity index (χ2n) is 5.30. The van der Waals surface area contributed by atoms with E-state index in [1.54, 1.807) is 20.3 Å². The fourth-order valence-corrected chi connectivity index (χ4v) is 2.83. The van der Waals surface area contributed by atoms with E-state index in [1.165, 1.54) is 12.1 Å². The third kappa shape index (κ3) is 4.96. The molecule has 7 heteroatoms. The van der Waals surface area contributed by atoms with Crippen LogP contribution >= 0.6 is 23.8 Å². The molecule has 2 aromatic rings. The molecule has 0 fully saturated rings. The summed E-state index contributed by atoms with van der Waals surface area (Å²) in [4.78, 5) is 0. The minimum absolute atomic E-state index is 0.0178. The van der Waals surface area contributed by atoms with Crippen molar-refractivity contribution < 1.29 is 13.9 Å². The van der Waals surface area contributed by atoms with Gasteiger partial charge in [-0.2, -0.15) is 0 Å². The lowest BCUT2D eigenvalue weighted by Gasteiger charge is -2.21. The number of halogens is 2. The van der Waals surface area contributed by atoms with E-state index in [2.05, 4.69) is 10.6 Å². The fourth-order valence-electron chi connectivity index (χ4n) is 2.39. The first-order chi connectivity index (χ1) is 12.0. The van der Waals surface area contributed by atoms with Gasteiger partial charge in [-0.1, -0.05) is 24.6 Å². The van der Waals surface area contributed by atoms with Gasteiger partial charge < -0.3 is 20.1 Å². The molecular weight excluding hydrogens is 363 g/mol. The average molecular weight is 383 g/mol. The smallest absolute Gasteiger partial charge is 0.171 e. The predicted molar refractivity (Wildman–Crippen MR) is 103 cm³/mol. The van der Waals surface area contributed by atoms with Crippen LogP contribution < -0.4 is 20.1 Å². The van der Waals surface area contributed by atoms with E-state index in [1.807, 2.05) is 25.1 Å². The van der Waals surface area contributed by atoms with Crippen LogP contribution in [-0.4, -0.2) is 19.3 Å². The first-order valence-corrected chi connectivity index (χ1v) is 8.51. The molecule has 0 bridgehead atoms. The van der Waals surface area contributed by atoms with Crippen LogP contribution in [0.25, 0.3) is 0 Å². The van der Waals surface area contributed by atoms with Crippen LogP contribution in [0, 0.1) is 5.82 Å². The van der Waals surface area contributed by atoms with Gasteiger partial charge in [0.15, 0.2) is 16.6 Å². The molecule has 2 aromatic carbocycles. The fraction of sp³-hybridized carbons (Fsp3) is 0.278. The van der Waals surface area contributed by atoms with Crippen molar-refractivity contribution in [3.8, 4) is 11.5 Å². The van der Waals surface area contributed by atoms with Crippen molar-refractivity contribution >= 4 is 34.6 Å². The minimum Gasteiger partial charge on any atom is -0.493 e. The molecule has 0 saturated heterocycles. The number of rotatable bonds is 6. The van der Waals surface area contributed by atoms with E-state index >= 15 is 0 Å². The van der Waals surface area contributed by atoms with Crippen molar-refractivity contribution in [1.82, 2.24) is 5.32 Å². The van der Waals surface area contributed by atoms with Crippen molar-refractivity contribution in [2.75, 3.05) is 19.5 Å². The minimum atomic E-state index is -0.470. The summed E-state index contributed by atoms with van der Waals surface area (Å²) in [6.45, 7) is 2.05. The highest BCUT2D eigenvalue weighted by Gasteiger charge is 2.14. The van der Waals surface area contributed by atoms with E-state index in [4.69, 9.17) is 33.3 Å². The molecule has 0 saturated carbocycles. The van der Waals surface area contributed by atoms with Crippen molar-refractivity contribution in [2.45, 2.75) is 19.4 Å². The average Bonchev–Trinajstić information content (AvgIpc) is 2.62. The molecule has 0 heterocycles. The molecule has 0 aliphatic heterocycles. The van der Waals surface area contributed by atoms with E-state index in [0.29, 0.717) is 22.3 Å².